The van der Waals surface area contributed by atoms with Gasteiger partial charge in [-0.15, -0.1) is 0 Å². The summed E-state index contributed by atoms with van der Waals surface area (Å²) in [6, 6.07) is 4.64. The second-order valence-electron chi connectivity index (χ2n) is 5.16. The Balaban J connectivity index is 2.50. The molecule has 5 heteroatoms. The third-order valence-corrected chi connectivity index (χ3v) is 4.02. The number of aromatic nitrogens is 2. The SMILES string of the molecule is CCc1nn(Cc2c(F)cccc2Cl)c(CC)c1C(C)N. The summed E-state index contributed by atoms with van der Waals surface area (Å²) in [6.07, 6.45) is 1.61. The number of halogens is 2. The van der Waals surface area contributed by atoms with Gasteiger partial charge in [-0.05, 0) is 31.9 Å². The first-order valence-corrected chi connectivity index (χ1v) is 7.64. The first-order valence-electron chi connectivity index (χ1n) is 7.26. The molecule has 0 radical (unpaired) electrons. The summed E-state index contributed by atoms with van der Waals surface area (Å²) in [6.45, 7) is 6.39. The van der Waals surface area contributed by atoms with E-state index >= 15 is 0 Å². The largest absolute Gasteiger partial charge is 0.324 e. The van der Waals surface area contributed by atoms with E-state index in [9.17, 15) is 4.39 Å². The number of nitrogens with two attached hydrogens (primary N) is 1. The van der Waals surface area contributed by atoms with Crippen LogP contribution in [0.1, 0.15) is 49.3 Å². The minimum absolute atomic E-state index is 0.0836. The van der Waals surface area contributed by atoms with Crippen LogP contribution in [0.5, 0.6) is 0 Å². The summed E-state index contributed by atoms with van der Waals surface area (Å²) in [5.74, 6) is -0.305. The molecule has 1 heterocycles. The van der Waals surface area contributed by atoms with Crippen molar-refractivity contribution in [1.29, 1.82) is 0 Å². The summed E-state index contributed by atoms with van der Waals surface area (Å²) >= 11 is 6.11. The highest BCUT2D eigenvalue weighted by Crippen LogP contribution is 2.25. The van der Waals surface area contributed by atoms with Crippen LogP contribution in [0.25, 0.3) is 0 Å². The van der Waals surface area contributed by atoms with Crippen LogP contribution in [-0.2, 0) is 19.4 Å². The quantitative estimate of drug-likeness (QED) is 0.911. The normalized spacial score (nSPS) is 12.7. The lowest BCUT2D eigenvalue weighted by molar-refractivity contribution is 0.573. The second kappa shape index (κ2) is 6.58. The molecule has 0 aliphatic carbocycles. The van der Waals surface area contributed by atoms with Gasteiger partial charge in [0, 0.05) is 27.9 Å². The zero-order valence-corrected chi connectivity index (χ0v) is 13.4. The molecule has 2 rings (SSSR count). The third kappa shape index (κ3) is 3.11. The molecule has 0 aliphatic rings. The first-order chi connectivity index (χ1) is 9.99. The van der Waals surface area contributed by atoms with Gasteiger partial charge in [-0.3, -0.25) is 4.68 Å². The maximum absolute atomic E-state index is 14.0. The number of nitrogens with zero attached hydrogens (tertiary/aromatic N) is 2. The van der Waals surface area contributed by atoms with Crippen molar-refractivity contribution in [2.45, 2.75) is 46.2 Å². The zero-order chi connectivity index (χ0) is 15.6. The third-order valence-electron chi connectivity index (χ3n) is 3.67. The standard InChI is InChI=1S/C16H21ClFN3/c1-4-14-16(10(3)19)15(5-2)21(20-14)9-11-12(17)7-6-8-13(11)18/h6-8,10H,4-5,9,19H2,1-3H3. The Morgan fingerprint density at radius 1 is 1.33 bits per heavy atom. The van der Waals surface area contributed by atoms with Crippen molar-refractivity contribution >= 4 is 11.6 Å². The van der Waals surface area contributed by atoms with Gasteiger partial charge in [0.1, 0.15) is 5.82 Å². The Hall–Kier alpha value is -1.39. The van der Waals surface area contributed by atoms with Gasteiger partial charge in [-0.1, -0.05) is 31.5 Å². The summed E-state index contributed by atoms with van der Waals surface area (Å²) in [5.41, 5.74) is 9.66. The van der Waals surface area contributed by atoms with Crippen LogP contribution in [0.3, 0.4) is 0 Å². The molecule has 1 unspecified atom stereocenters. The molecule has 0 saturated carbocycles. The lowest BCUT2D eigenvalue weighted by Crippen LogP contribution is -2.12. The van der Waals surface area contributed by atoms with Crippen molar-refractivity contribution < 1.29 is 4.39 Å². The molecule has 2 aromatic rings. The monoisotopic (exact) mass is 309 g/mol. The van der Waals surface area contributed by atoms with Gasteiger partial charge in [0.05, 0.1) is 12.2 Å². The minimum atomic E-state index is -0.305. The smallest absolute Gasteiger partial charge is 0.129 e. The highest BCUT2D eigenvalue weighted by atomic mass is 35.5. The summed E-state index contributed by atoms with van der Waals surface area (Å²) in [4.78, 5) is 0. The van der Waals surface area contributed by atoms with E-state index in [2.05, 4.69) is 12.0 Å². The second-order valence-corrected chi connectivity index (χ2v) is 5.57. The molecule has 0 amide bonds. The van der Waals surface area contributed by atoms with E-state index in [4.69, 9.17) is 17.3 Å². The molecule has 0 fully saturated rings. The van der Waals surface area contributed by atoms with E-state index in [0.717, 1.165) is 29.8 Å². The average Bonchev–Trinajstić information content (AvgIpc) is 2.80. The van der Waals surface area contributed by atoms with Crippen molar-refractivity contribution in [2.24, 2.45) is 5.73 Å². The van der Waals surface area contributed by atoms with Crippen LogP contribution < -0.4 is 5.73 Å². The molecule has 21 heavy (non-hydrogen) atoms. The van der Waals surface area contributed by atoms with Gasteiger partial charge in [-0.2, -0.15) is 5.10 Å². The van der Waals surface area contributed by atoms with E-state index in [1.165, 1.54) is 6.07 Å². The molecular weight excluding hydrogens is 289 g/mol. The number of aryl methyl sites for hydroxylation is 1. The van der Waals surface area contributed by atoms with E-state index < -0.39 is 0 Å². The molecule has 0 bridgehead atoms. The van der Waals surface area contributed by atoms with Crippen molar-refractivity contribution in [3.05, 3.63) is 51.6 Å². The minimum Gasteiger partial charge on any atom is -0.324 e. The number of benzene rings is 1. The fourth-order valence-corrected chi connectivity index (χ4v) is 2.91. The predicted molar refractivity (Wildman–Crippen MR) is 84.1 cm³/mol. The van der Waals surface area contributed by atoms with E-state index in [1.54, 1.807) is 12.1 Å². The van der Waals surface area contributed by atoms with Gasteiger partial charge in [-0.25, -0.2) is 4.39 Å². The Morgan fingerprint density at radius 3 is 2.57 bits per heavy atom. The fraction of sp³-hybridized carbons (Fsp3) is 0.438. The van der Waals surface area contributed by atoms with Crippen LogP contribution in [0.4, 0.5) is 4.39 Å². The van der Waals surface area contributed by atoms with Gasteiger partial charge in [0.15, 0.2) is 0 Å². The average molecular weight is 310 g/mol. The van der Waals surface area contributed by atoms with Gasteiger partial charge >= 0.3 is 0 Å². The number of rotatable bonds is 5. The lowest BCUT2D eigenvalue weighted by Gasteiger charge is -2.11. The fourth-order valence-electron chi connectivity index (χ4n) is 2.69. The maximum Gasteiger partial charge on any atom is 0.129 e. The summed E-state index contributed by atoms with van der Waals surface area (Å²) < 4.78 is 15.8. The van der Waals surface area contributed by atoms with Crippen LogP contribution in [0.2, 0.25) is 5.02 Å². The van der Waals surface area contributed by atoms with Crippen molar-refractivity contribution in [1.82, 2.24) is 9.78 Å². The molecule has 0 saturated heterocycles. The summed E-state index contributed by atoms with van der Waals surface area (Å²) in [7, 11) is 0. The number of hydrogen-bond donors (Lipinski definition) is 1. The molecule has 114 valence electrons. The Labute approximate surface area is 129 Å². The predicted octanol–water partition coefficient (Wildman–Crippen LogP) is 3.87. The lowest BCUT2D eigenvalue weighted by atomic mass is 10.0. The Morgan fingerprint density at radius 2 is 2.05 bits per heavy atom. The van der Waals surface area contributed by atoms with E-state index in [-0.39, 0.29) is 11.9 Å². The molecule has 0 spiro atoms. The van der Waals surface area contributed by atoms with Crippen molar-refractivity contribution in [3.63, 3.8) is 0 Å². The van der Waals surface area contributed by atoms with Gasteiger partial charge in [0.2, 0.25) is 0 Å². The van der Waals surface area contributed by atoms with Crippen LogP contribution in [0, 0.1) is 5.82 Å². The van der Waals surface area contributed by atoms with Crippen LogP contribution in [0.15, 0.2) is 18.2 Å². The molecule has 0 aliphatic heterocycles. The highest BCUT2D eigenvalue weighted by Gasteiger charge is 2.19. The molecule has 1 aromatic carbocycles. The van der Waals surface area contributed by atoms with Crippen molar-refractivity contribution in [2.75, 3.05) is 0 Å². The van der Waals surface area contributed by atoms with E-state index in [0.29, 0.717) is 17.1 Å². The molecule has 3 nitrogen and oxygen atoms in total. The van der Waals surface area contributed by atoms with Crippen molar-refractivity contribution in [3.8, 4) is 0 Å². The topological polar surface area (TPSA) is 43.8 Å². The summed E-state index contributed by atoms with van der Waals surface area (Å²) in [5, 5.41) is 5.03. The highest BCUT2D eigenvalue weighted by molar-refractivity contribution is 6.31. The van der Waals surface area contributed by atoms with E-state index in [1.807, 2.05) is 18.5 Å². The van der Waals surface area contributed by atoms with Crippen LogP contribution in [-0.4, -0.2) is 9.78 Å². The molecule has 2 N–H and O–H groups in total. The molecular formula is C16H21ClFN3. The van der Waals surface area contributed by atoms with Gasteiger partial charge < -0.3 is 5.73 Å². The first kappa shape index (κ1) is 16.0. The molecule has 1 atom stereocenters. The van der Waals surface area contributed by atoms with Gasteiger partial charge in [0.25, 0.3) is 0 Å². The number of hydrogen-bond acceptors (Lipinski definition) is 2. The molecule has 1 aromatic heterocycles. The van der Waals surface area contributed by atoms with Crippen LogP contribution >= 0.6 is 11.6 Å². The maximum atomic E-state index is 14.0. The zero-order valence-electron chi connectivity index (χ0n) is 12.7. The Kier molecular flexibility index (Phi) is 5.01. The Bertz CT molecular complexity index is 614.